The molecule has 4 rings (SSSR count). The summed E-state index contributed by atoms with van der Waals surface area (Å²) >= 11 is 1.23. The average Bonchev–Trinajstić information content (AvgIpc) is 3.22. The Labute approximate surface area is 185 Å². The maximum absolute atomic E-state index is 13.2. The number of nitrogens with one attached hydrogen (secondary N) is 1. The van der Waals surface area contributed by atoms with Gasteiger partial charge in [0.2, 0.25) is 0 Å². The lowest BCUT2D eigenvalue weighted by Gasteiger charge is -2.06. The molecular formula is C23H16FN3O4S. The summed E-state index contributed by atoms with van der Waals surface area (Å²) in [5, 5.41) is 15.5. The van der Waals surface area contributed by atoms with Gasteiger partial charge in [0, 0.05) is 22.2 Å². The Morgan fingerprint density at radius 3 is 2.69 bits per heavy atom. The summed E-state index contributed by atoms with van der Waals surface area (Å²) < 4.78 is 19.6. The van der Waals surface area contributed by atoms with E-state index in [2.05, 4.69) is 10.5 Å². The van der Waals surface area contributed by atoms with Crippen molar-refractivity contribution in [2.45, 2.75) is 6.61 Å². The first-order valence-corrected chi connectivity index (χ1v) is 10.3. The molecule has 0 saturated heterocycles. The molecule has 0 radical (unpaired) electrons. The summed E-state index contributed by atoms with van der Waals surface area (Å²) in [5.74, 6) is -0.0911. The molecule has 1 heterocycles. The molecule has 0 aliphatic carbocycles. The van der Waals surface area contributed by atoms with E-state index in [-0.39, 0.29) is 18.1 Å². The molecule has 0 saturated carbocycles. The molecule has 0 aliphatic rings. The lowest BCUT2D eigenvalue weighted by Crippen LogP contribution is -2.16. The molecule has 0 atom stereocenters. The van der Waals surface area contributed by atoms with Gasteiger partial charge >= 0.3 is 0 Å². The van der Waals surface area contributed by atoms with Crippen LogP contribution in [0.5, 0.6) is 5.75 Å². The highest BCUT2D eigenvalue weighted by atomic mass is 32.1. The molecule has 3 aromatic carbocycles. The van der Waals surface area contributed by atoms with E-state index in [4.69, 9.17) is 4.74 Å². The number of non-ortho nitro benzene ring substituents is 1. The molecule has 9 heteroatoms. The Kier molecular flexibility index (Phi) is 6.18. The van der Waals surface area contributed by atoms with Crippen molar-refractivity contribution in [1.29, 1.82) is 0 Å². The maximum atomic E-state index is 13.2. The number of hydrogen-bond donors (Lipinski definition) is 1. The molecule has 0 aliphatic heterocycles. The zero-order chi connectivity index (χ0) is 22.5. The second-order valence-corrected chi connectivity index (χ2v) is 7.86. The fraction of sp³-hybridized carbons (Fsp3) is 0.0435. The Bertz CT molecular complexity index is 1320. The first-order chi connectivity index (χ1) is 15.5. The predicted molar refractivity (Wildman–Crippen MR) is 121 cm³/mol. The third-order valence-electron chi connectivity index (χ3n) is 4.49. The lowest BCUT2D eigenvalue weighted by molar-refractivity contribution is -0.384. The zero-order valence-electron chi connectivity index (χ0n) is 16.5. The quantitative estimate of drug-likeness (QED) is 0.236. The second kappa shape index (κ2) is 9.36. The number of hydrogen-bond acceptors (Lipinski definition) is 6. The molecule has 0 unspecified atom stereocenters. The largest absolute Gasteiger partial charge is 0.489 e. The first-order valence-electron chi connectivity index (χ1n) is 9.47. The summed E-state index contributed by atoms with van der Waals surface area (Å²) in [5.41, 5.74) is 3.90. The number of nitro groups is 1. The van der Waals surface area contributed by atoms with E-state index in [9.17, 15) is 19.3 Å². The van der Waals surface area contributed by atoms with Crippen molar-refractivity contribution in [3.05, 3.63) is 105 Å². The van der Waals surface area contributed by atoms with E-state index in [0.29, 0.717) is 16.0 Å². The molecule has 0 fully saturated rings. The minimum absolute atomic E-state index is 0.0244. The van der Waals surface area contributed by atoms with Gasteiger partial charge in [0.05, 0.1) is 16.0 Å². The van der Waals surface area contributed by atoms with Gasteiger partial charge < -0.3 is 4.74 Å². The topological polar surface area (TPSA) is 93.8 Å². The van der Waals surface area contributed by atoms with Crippen LogP contribution in [0.3, 0.4) is 0 Å². The summed E-state index contributed by atoms with van der Waals surface area (Å²) in [6, 6.07) is 19.3. The molecular weight excluding hydrogens is 433 g/mol. The van der Waals surface area contributed by atoms with Crippen LogP contribution in [0.4, 0.5) is 10.1 Å². The van der Waals surface area contributed by atoms with Crippen molar-refractivity contribution in [3.63, 3.8) is 0 Å². The monoisotopic (exact) mass is 449 g/mol. The maximum Gasteiger partial charge on any atom is 0.281 e. The van der Waals surface area contributed by atoms with E-state index in [1.165, 1.54) is 41.8 Å². The van der Waals surface area contributed by atoms with Crippen LogP contribution >= 0.6 is 11.3 Å². The smallest absolute Gasteiger partial charge is 0.281 e. The standard InChI is InChI=1S/C23H16FN3O4S/c24-18-3-1-2-16(10-18)14-31-20-7-4-15(5-8-20)13-25-26-23(28)22-12-17-11-19(27(29)30)6-9-21(17)32-22/h1-13H,14H2,(H,26,28)/b25-13-. The van der Waals surface area contributed by atoms with Crippen molar-refractivity contribution in [3.8, 4) is 5.75 Å². The molecule has 1 N–H and O–H groups in total. The van der Waals surface area contributed by atoms with Gasteiger partial charge in [-0.05, 0) is 59.7 Å². The summed E-state index contributed by atoms with van der Waals surface area (Å²) in [4.78, 5) is 23.1. The van der Waals surface area contributed by atoms with Crippen LogP contribution in [0.2, 0.25) is 0 Å². The van der Waals surface area contributed by atoms with Crippen molar-refractivity contribution in [1.82, 2.24) is 5.43 Å². The normalized spacial score (nSPS) is 11.0. The number of amides is 1. The first kappa shape index (κ1) is 21.1. The Balaban J connectivity index is 1.33. The number of ether oxygens (including phenoxy) is 1. The Morgan fingerprint density at radius 1 is 1.12 bits per heavy atom. The summed E-state index contributed by atoms with van der Waals surface area (Å²) in [6.07, 6.45) is 1.49. The highest BCUT2D eigenvalue weighted by Crippen LogP contribution is 2.28. The number of benzene rings is 3. The van der Waals surface area contributed by atoms with Gasteiger partial charge in [-0.25, -0.2) is 9.82 Å². The van der Waals surface area contributed by atoms with E-state index in [0.717, 1.165) is 15.8 Å². The van der Waals surface area contributed by atoms with Crippen LogP contribution in [0.25, 0.3) is 10.1 Å². The number of nitrogens with zero attached hydrogens (tertiary/aromatic N) is 2. The molecule has 1 amide bonds. The minimum Gasteiger partial charge on any atom is -0.489 e. The van der Waals surface area contributed by atoms with Gasteiger partial charge in [0.15, 0.2) is 0 Å². The molecule has 1 aromatic heterocycles. The number of rotatable bonds is 7. The van der Waals surface area contributed by atoms with Gasteiger partial charge in [-0.2, -0.15) is 5.10 Å². The summed E-state index contributed by atoms with van der Waals surface area (Å²) in [7, 11) is 0. The lowest BCUT2D eigenvalue weighted by atomic mass is 10.2. The number of carbonyl (C=O) groups is 1. The average molecular weight is 449 g/mol. The fourth-order valence-electron chi connectivity index (χ4n) is 2.92. The summed E-state index contributed by atoms with van der Waals surface area (Å²) in [6.45, 7) is 0.250. The van der Waals surface area contributed by atoms with Crippen LogP contribution in [-0.2, 0) is 6.61 Å². The molecule has 32 heavy (non-hydrogen) atoms. The number of hydrazone groups is 1. The molecule has 4 aromatic rings. The van der Waals surface area contributed by atoms with Crippen molar-refractivity contribution in [2.24, 2.45) is 5.10 Å². The van der Waals surface area contributed by atoms with Gasteiger partial charge in [0.25, 0.3) is 11.6 Å². The third kappa shape index (κ3) is 5.13. The SMILES string of the molecule is O=C(N/N=C\c1ccc(OCc2cccc(F)c2)cc1)c1cc2cc([N+](=O)[O-])ccc2s1. The molecule has 0 spiro atoms. The Morgan fingerprint density at radius 2 is 1.94 bits per heavy atom. The second-order valence-electron chi connectivity index (χ2n) is 6.78. The van der Waals surface area contributed by atoms with E-state index in [1.54, 1.807) is 48.5 Å². The van der Waals surface area contributed by atoms with Crippen LogP contribution in [0.15, 0.2) is 77.9 Å². The van der Waals surface area contributed by atoms with Gasteiger partial charge in [-0.15, -0.1) is 11.3 Å². The van der Waals surface area contributed by atoms with Gasteiger partial charge in [-0.1, -0.05) is 12.1 Å². The van der Waals surface area contributed by atoms with Crippen LogP contribution in [0.1, 0.15) is 20.8 Å². The van der Waals surface area contributed by atoms with Crippen molar-refractivity contribution in [2.75, 3.05) is 0 Å². The van der Waals surface area contributed by atoms with Gasteiger partial charge in [0.1, 0.15) is 18.2 Å². The fourth-order valence-corrected chi connectivity index (χ4v) is 3.85. The predicted octanol–water partition coefficient (Wildman–Crippen LogP) is 5.29. The van der Waals surface area contributed by atoms with Crippen LogP contribution < -0.4 is 10.2 Å². The van der Waals surface area contributed by atoms with Crippen LogP contribution in [0, 0.1) is 15.9 Å². The highest BCUT2D eigenvalue weighted by Gasteiger charge is 2.12. The van der Waals surface area contributed by atoms with Crippen LogP contribution in [-0.4, -0.2) is 17.0 Å². The van der Waals surface area contributed by atoms with Gasteiger partial charge in [-0.3, -0.25) is 14.9 Å². The van der Waals surface area contributed by atoms with Crippen molar-refractivity contribution < 1.29 is 18.8 Å². The molecule has 0 bridgehead atoms. The Hall–Kier alpha value is -4.11. The number of thiophene rings is 1. The highest BCUT2D eigenvalue weighted by molar-refractivity contribution is 7.20. The molecule has 7 nitrogen and oxygen atoms in total. The van der Waals surface area contributed by atoms with E-state index in [1.807, 2.05) is 0 Å². The third-order valence-corrected chi connectivity index (χ3v) is 5.60. The number of halogens is 1. The van der Waals surface area contributed by atoms with E-state index >= 15 is 0 Å². The number of carbonyl (C=O) groups excluding carboxylic acids is 1. The molecule has 160 valence electrons. The number of nitro benzene ring substituents is 1. The van der Waals surface area contributed by atoms with E-state index < -0.39 is 10.8 Å². The number of fused-ring (bicyclic) bond motifs is 1. The zero-order valence-corrected chi connectivity index (χ0v) is 17.3. The minimum atomic E-state index is -0.473. The van der Waals surface area contributed by atoms with Crippen molar-refractivity contribution >= 4 is 39.2 Å².